The van der Waals surface area contributed by atoms with Crippen molar-refractivity contribution >= 4 is 22.6 Å². The molecule has 0 amide bonds. The van der Waals surface area contributed by atoms with E-state index in [9.17, 15) is 0 Å². The van der Waals surface area contributed by atoms with Gasteiger partial charge in [-0.25, -0.2) is 4.99 Å². The summed E-state index contributed by atoms with van der Waals surface area (Å²) in [4.78, 5) is 4.28. The first kappa shape index (κ1) is 12.1. The fourth-order valence-electron chi connectivity index (χ4n) is 1.22. The number of nitrogens with zero attached hydrogens (tertiary/aromatic N) is 1. The molecule has 1 aromatic carbocycles. The normalized spacial score (nSPS) is 11.7. The number of amidine groups is 1. The van der Waals surface area contributed by atoms with Crippen molar-refractivity contribution in [3.05, 3.63) is 29.8 Å². The number of rotatable bonds is 4. The Bertz CT molecular complexity index is 336. The monoisotopic (exact) mass is 223 g/mol. The van der Waals surface area contributed by atoms with Crippen molar-refractivity contribution in [3.8, 4) is 0 Å². The zero-order valence-electron chi connectivity index (χ0n) is 9.16. The number of thioether (sulfide) groups is 1. The van der Waals surface area contributed by atoms with E-state index in [2.05, 4.69) is 22.4 Å². The van der Waals surface area contributed by atoms with Crippen LogP contribution in [-0.2, 0) is 6.42 Å². The molecular formula is C11H17N3S. The van der Waals surface area contributed by atoms with E-state index in [0.717, 1.165) is 18.7 Å². The number of benzene rings is 1. The third-order valence-electron chi connectivity index (χ3n) is 2.02. The number of hydrogen-bond acceptors (Lipinski definition) is 3. The van der Waals surface area contributed by atoms with Gasteiger partial charge in [0.05, 0.1) is 5.69 Å². The standard InChI is InChI=1S/C11H17N3S/c1-13-7-6-9-4-3-5-10(8-9)14-11(12)15-2/h3-5,8,13H,6-7H2,1-2H3,(H2,12,14). The second-order valence-corrected chi connectivity index (χ2v) is 4.00. The SMILES string of the molecule is CNCCc1cccc(N=C(N)SC)c1. The number of aliphatic imine (C=N–C) groups is 1. The topological polar surface area (TPSA) is 50.4 Å². The summed E-state index contributed by atoms with van der Waals surface area (Å²) in [6, 6.07) is 8.15. The molecule has 1 aromatic rings. The third kappa shape index (κ3) is 4.36. The van der Waals surface area contributed by atoms with Gasteiger partial charge in [0.2, 0.25) is 0 Å². The molecule has 15 heavy (non-hydrogen) atoms. The van der Waals surface area contributed by atoms with E-state index >= 15 is 0 Å². The molecule has 0 fully saturated rings. The Morgan fingerprint density at radius 2 is 2.33 bits per heavy atom. The Kier molecular flexibility index (Phi) is 5.21. The van der Waals surface area contributed by atoms with Gasteiger partial charge in [0, 0.05) is 0 Å². The van der Waals surface area contributed by atoms with Crippen LogP contribution in [0.1, 0.15) is 5.56 Å². The van der Waals surface area contributed by atoms with Gasteiger partial charge >= 0.3 is 0 Å². The van der Waals surface area contributed by atoms with Gasteiger partial charge in [0.25, 0.3) is 0 Å². The Hall–Kier alpha value is -1.00. The number of nitrogens with one attached hydrogen (secondary N) is 1. The first-order valence-corrected chi connectivity index (χ1v) is 6.10. The van der Waals surface area contributed by atoms with Gasteiger partial charge in [-0.2, -0.15) is 0 Å². The zero-order valence-corrected chi connectivity index (χ0v) is 9.97. The predicted molar refractivity (Wildman–Crippen MR) is 68.9 cm³/mol. The van der Waals surface area contributed by atoms with Crippen molar-refractivity contribution in [2.45, 2.75) is 6.42 Å². The van der Waals surface area contributed by atoms with Crippen LogP contribution in [0.4, 0.5) is 5.69 Å². The predicted octanol–water partition coefficient (Wildman–Crippen LogP) is 1.76. The van der Waals surface area contributed by atoms with Crippen LogP contribution >= 0.6 is 11.8 Å². The minimum Gasteiger partial charge on any atom is -0.378 e. The summed E-state index contributed by atoms with van der Waals surface area (Å²) in [6.45, 7) is 0.977. The van der Waals surface area contributed by atoms with Crippen LogP contribution in [-0.4, -0.2) is 25.0 Å². The Labute approximate surface area is 95.2 Å². The van der Waals surface area contributed by atoms with Gasteiger partial charge in [0.1, 0.15) is 0 Å². The molecule has 1 rings (SSSR count). The van der Waals surface area contributed by atoms with Crippen LogP contribution in [0.3, 0.4) is 0 Å². The maximum atomic E-state index is 5.66. The molecule has 4 heteroatoms. The second kappa shape index (κ2) is 6.48. The molecular weight excluding hydrogens is 206 g/mol. The highest BCUT2D eigenvalue weighted by molar-refractivity contribution is 8.13. The zero-order chi connectivity index (χ0) is 11.1. The van der Waals surface area contributed by atoms with Gasteiger partial charge in [-0.3, -0.25) is 0 Å². The van der Waals surface area contributed by atoms with Crippen LogP contribution in [0.15, 0.2) is 29.3 Å². The minimum absolute atomic E-state index is 0.598. The number of hydrogen-bond donors (Lipinski definition) is 2. The Morgan fingerprint density at radius 3 is 3.00 bits per heavy atom. The van der Waals surface area contributed by atoms with E-state index in [-0.39, 0.29) is 0 Å². The summed E-state index contributed by atoms with van der Waals surface area (Å²) in [6.07, 6.45) is 2.93. The Balaban J connectivity index is 2.74. The number of nitrogens with two attached hydrogens (primary N) is 1. The molecule has 0 aromatic heterocycles. The van der Waals surface area contributed by atoms with Crippen molar-refractivity contribution in [1.82, 2.24) is 5.32 Å². The summed E-state index contributed by atoms with van der Waals surface area (Å²) < 4.78 is 0. The maximum absolute atomic E-state index is 5.66. The summed E-state index contributed by atoms with van der Waals surface area (Å²) in [7, 11) is 1.95. The lowest BCUT2D eigenvalue weighted by Crippen LogP contribution is -2.10. The maximum Gasteiger partial charge on any atom is 0.158 e. The van der Waals surface area contributed by atoms with Gasteiger partial charge in [-0.05, 0) is 44.0 Å². The fourth-order valence-corrected chi connectivity index (χ4v) is 1.42. The summed E-state index contributed by atoms with van der Waals surface area (Å²) in [5.74, 6) is 0. The number of likely N-dealkylation sites (N-methyl/N-ethyl adjacent to an activating group) is 1. The van der Waals surface area contributed by atoms with Gasteiger partial charge < -0.3 is 11.1 Å². The quantitative estimate of drug-likeness (QED) is 0.604. The van der Waals surface area contributed by atoms with Gasteiger partial charge in [-0.1, -0.05) is 23.9 Å². The molecule has 0 atom stereocenters. The van der Waals surface area contributed by atoms with Crippen LogP contribution in [0.5, 0.6) is 0 Å². The molecule has 0 radical (unpaired) electrons. The average molecular weight is 223 g/mol. The van der Waals surface area contributed by atoms with Crippen LogP contribution < -0.4 is 11.1 Å². The Morgan fingerprint density at radius 1 is 1.53 bits per heavy atom. The average Bonchev–Trinajstić information content (AvgIpc) is 2.26. The van der Waals surface area contributed by atoms with Gasteiger partial charge in [-0.15, -0.1) is 0 Å². The van der Waals surface area contributed by atoms with E-state index < -0.39 is 0 Å². The first-order chi connectivity index (χ1) is 7.26. The van der Waals surface area contributed by atoms with E-state index in [1.807, 2.05) is 25.4 Å². The molecule has 0 aliphatic heterocycles. The van der Waals surface area contributed by atoms with Crippen LogP contribution in [0, 0.1) is 0 Å². The lowest BCUT2D eigenvalue weighted by Gasteiger charge is -2.02. The summed E-state index contributed by atoms with van der Waals surface area (Å²) >= 11 is 1.46. The molecule has 0 aliphatic carbocycles. The highest BCUT2D eigenvalue weighted by atomic mass is 32.2. The van der Waals surface area contributed by atoms with Crippen molar-refractivity contribution in [2.24, 2.45) is 10.7 Å². The van der Waals surface area contributed by atoms with Crippen molar-refractivity contribution < 1.29 is 0 Å². The molecule has 82 valence electrons. The largest absolute Gasteiger partial charge is 0.378 e. The third-order valence-corrected chi connectivity index (χ3v) is 2.53. The van der Waals surface area contributed by atoms with E-state index in [1.165, 1.54) is 17.3 Å². The molecule has 0 saturated carbocycles. The fraction of sp³-hybridized carbons (Fsp3) is 0.364. The summed E-state index contributed by atoms with van der Waals surface area (Å²) in [5.41, 5.74) is 7.86. The van der Waals surface area contributed by atoms with Crippen LogP contribution in [0.25, 0.3) is 0 Å². The van der Waals surface area contributed by atoms with Crippen LogP contribution in [0.2, 0.25) is 0 Å². The van der Waals surface area contributed by atoms with Gasteiger partial charge in [0.15, 0.2) is 5.17 Å². The molecule has 0 aliphatic rings. The highest BCUT2D eigenvalue weighted by Gasteiger charge is 1.95. The molecule has 0 bridgehead atoms. The summed E-state index contributed by atoms with van der Waals surface area (Å²) in [5, 5.41) is 3.72. The smallest absolute Gasteiger partial charge is 0.158 e. The molecule has 0 unspecified atom stereocenters. The van der Waals surface area contributed by atoms with E-state index in [0.29, 0.717) is 5.17 Å². The minimum atomic E-state index is 0.598. The lowest BCUT2D eigenvalue weighted by molar-refractivity contribution is 0.792. The van der Waals surface area contributed by atoms with E-state index in [1.54, 1.807) is 0 Å². The molecule has 0 saturated heterocycles. The van der Waals surface area contributed by atoms with Crippen molar-refractivity contribution in [3.63, 3.8) is 0 Å². The molecule has 0 spiro atoms. The highest BCUT2D eigenvalue weighted by Crippen LogP contribution is 2.15. The first-order valence-electron chi connectivity index (χ1n) is 4.88. The van der Waals surface area contributed by atoms with E-state index in [4.69, 9.17) is 5.73 Å². The second-order valence-electron chi connectivity index (χ2n) is 3.18. The molecule has 3 nitrogen and oxygen atoms in total. The van der Waals surface area contributed by atoms with Crippen molar-refractivity contribution in [2.75, 3.05) is 19.8 Å². The van der Waals surface area contributed by atoms with Crippen molar-refractivity contribution in [1.29, 1.82) is 0 Å². The molecule has 3 N–H and O–H groups in total. The lowest BCUT2D eigenvalue weighted by atomic mass is 10.1. The molecule has 0 heterocycles.